The summed E-state index contributed by atoms with van der Waals surface area (Å²) in [5.41, 5.74) is 14.6. The Labute approximate surface area is 825 Å². The molecule has 3 unspecified atom stereocenters. The zero-order valence-corrected chi connectivity index (χ0v) is 80.8. The molecule has 142 heavy (non-hydrogen) atoms. The van der Waals surface area contributed by atoms with Gasteiger partial charge in [-0.05, 0) is 78.6 Å². The lowest BCUT2D eigenvalue weighted by atomic mass is 9.71. The minimum Gasteiger partial charge on any atom is -0.508 e. The number of hydrogen-bond donors (Lipinski definition) is 22. The van der Waals surface area contributed by atoms with Crippen molar-refractivity contribution < 1.29 is 136 Å². The van der Waals surface area contributed by atoms with Gasteiger partial charge in [-0.3, -0.25) is 110 Å². The Morgan fingerprint density at radius 2 is 0.803 bits per heavy atom. The van der Waals surface area contributed by atoms with Gasteiger partial charge in [-0.1, -0.05) is 106 Å². The van der Waals surface area contributed by atoms with Gasteiger partial charge in [-0.15, -0.1) is 35.3 Å². The van der Waals surface area contributed by atoms with Crippen molar-refractivity contribution in [3.05, 3.63) is 114 Å². The zero-order chi connectivity index (χ0) is 105. The van der Waals surface area contributed by atoms with Crippen molar-refractivity contribution in [3.63, 3.8) is 0 Å². The van der Waals surface area contributed by atoms with Crippen LogP contribution in [0.1, 0.15) is 103 Å². The monoisotopic (exact) mass is 2030 g/mol. The normalized spacial score (nSPS) is 26.9. The molecule has 2 spiro atoms. The van der Waals surface area contributed by atoms with Crippen LogP contribution >= 0.6 is 35.3 Å². The van der Waals surface area contributed by atoms with Gasteiger partial charge < -0.3 is 132 Å². The first-order chi connectivity index (χ1) is 66.9. The second kappa shape index (κ2) is 50.2. The highest BCUT2D eigenvalue weighted by Crippen LogP contribution is 2.57. The van der Waals surface area contributed by atoms with Crippen LogP contribution in [0.15, 0.2) is 97.1 Å². The third-order valence-electron chi connectivity index (χ3n) is 24.4. The topological polar surface area (TPSA) is 750 Å². The van der Waals surface area contributed by atoms with E-state index in [1.807, 2.05) is 0 Å². The first-order valence-corrected chi connectivity index (χ1v) is 48.7. The second-order valence-corrected chi connectivity index (χ2v) is 39.7. The van der Waals surface area contributed by atoms with Crippen LogP contribution in [0.4, 0.5) is 0 Å². The summed E-state index contributed by atoms with van der Waals surface area (Å²) in [6.07, 6.45) is -8.44. The number of nitrogens with one attached hydrogen (secondary N) is 14. The third-order valence-corrected chi connectivity index (χ3v) is 27.5. The van der Waals surface area contributed by atoms with Crippen LogP contribution in [-0.2, 0) is 130 Å². The predicted molar refractivity (Wildman–Crippen MR) is 509 cm³/mol. The Bertz CT molecular complexity index is 5450. The van der Waals surface area contributed by atoms with Crippen molar-refractivity contribution in [2.75, 3.05) is 73.8 Å². The molecule has 7 fully saturated rings. The molecule has 7 saturated heterocycles. The van der Waals surface area contributed by atoms with Crippen molar-refractivity contribution in [1.82, 2.24) is 89.1 Å². The van der Waals surface area contributed by atoms with Crippen LogP contribution in [0.2, 0.25) is 0 Å². The summed E-state index contributed by atoms with van der Waals surface area (Å²) < 4.78 is 0. The molecule has 48 nitrogen and oxygen atoms in total. The van der Waals surface area contributed by atoms with Crippen LogP contribution in [-0.4, -0.2) is 341 Å². The SMILES string of the molecule is C[C@H](N)C(=O)N[C@H]1CSCC(=O)N2CC34CN5CC3(C2)CN(C4)C(=O)CSC[C@@H](NC(=O)[C@@H](C)NC(=O)[C@H](Cc2cccc3ccccc23)NC(=O)[C@H](CCC(=O)O)NC(=O)[C@H](CC(N)=O)NC(=O)[C@@H](C)NC1=O)C(=O)N[C@@H](CCC(=O)O)C(=O)N[C@@H](CC(=O)O)C(=O)N[C@@H](Cc1ccccc1)C(=O)N[C@@H](Cc1ccc(O)cc1)C(=O)NC(CC(=O)O)C(=O)N[C@@H](C(C)(C)C)C(=O)N[C@H](C(N)=O)CSCC5=O. The number of nitrogens with two attached hydrogens (primary N) is 3. The van der Waals surface area contributed by atoms with Gasteiger partial charge in [-0.25, -0.2) is 0 Å². The number of aromatic hydroxyl groups is 1. The zero-order valence-electron chi connectivity index (χ0n) is 78.4. The lowest BCUT2D eigenvalue weighted by Gasteiger charge is -2.33. The molecule has 0 aromatic heterocycles. The number of phenols is 1. The maximum Gasteiger partial charge on any atom is 0.305 e. The number of amides is 19. The Kier molecular flexibility index (Phi) is 39.4. The summed E-state index contributed by atoms with van der Waals surface area (Å²) in [5.74, 6) is -31.0. The Morgan fingerprint density at radius 3 is 1.27 bits per heavy atom. The molecule has 7 heterocycles. The number of carbonyl (C=O) groups excluding carboxylic acids is 19. The molecule has 0 saturated carbocycles. The van der Waals surface area contributed by atoms with Crippen molar-refractivity contribution in [2.24, 2.45) is 33.4 Å². The molecule has 768 valence electrons. The highest BCUT2D eigenvalue weighted by Gasteiger charge is 2.69. The quantitative estimate of drug-likeness (QED) is 0.0345. The molecule has 51 heteroatoms. The summed E-state index contributed by atoms with van der Waals surface area (Å²) in [7, 11) is 0. The fraction of sp³-hybridized carbons (Fsp3) is 0.505. The molecular weight excluding hydrogens is 1920 g/mol. The molecule has 6 bridgehead atoms. The fourth-order valence-corrected chi connectivity index (χ4v) is 19.7. The van der Waals surface area contributed by atoms with Crippen LogP contribution < -0.4 is 91.6 Å². The maximum atomic E-state index is 15.4. The third kappa shape index (κ3) is 31.4. The molecule has 0 aliphatic carbocycles. The van der Waals surface area contributed by atoms with Crippen LogP contribution in [0.25, 0.3) is 10.8 Å². The summed E-state index contributed by atoms with van der Waals surface area (Å²) in [5, 5.41) is 85.9. The van der Waals surface area contributed by atoms with E-state index in [0.29, 0.717) is 33.7 Å². The molecule has 11 rings (SSSR count). The molecule has 4 aromatic carbocycles. The number of rotatable bonds is 21. The number of carboxylic acid groups (broad SMARTS) is 4. The number of aliphatic carboxylic acids is 4. The lowest BCUT2D eigenvalue weighted by molar-refractivity contribution is -0.142. The maximum absolute atomic E-state index is 15.4. The Morgan fingerprint density at radius 1 is 0.415 bits per heavy atom. The smallest absolute Gasteiger partial charge is 0.305 e. The standard InChI is InChI=1S/C91H118N20O28S3/c1-45(92)75(126)106-63-34-141-37-67(115)110-41-90-39-109-40-91(90,42-110)44-111(43-90)68(116)38-142-35-64(107-77(128)47(3)95-80(131)58(29-51-17-12-16-50-15-10-11-18-53(50)51)102-78(129)54(23-25-69(117)118)97-83(134)59(30-65(93)113)99-76(127)46(2)96-86(63)137)87(138)98-55(24-26-70(119)120)79(130)103-60(31-71(121)122)84(135)101-56(27-48-13-8-7-9-14-48)81(132)100-57(28-49-19-21-52(112)22-20-49)82(133)104-61(32-72(123)124)85(136)108-73(89(4,5)6)88(139)105-62(74(94)125)33-140-36-66(109)114/h7-22,45-47,54-64,73,112H,23-44,92H2,1-6H3,(H2,93,113)(H2,94,125)(H,95,131)(H,96,137)(H,97,134)(H,98,138)(H,99,127)(H,100,132)(H,101,135)(H,102,129)(H,103,130)(H,104,133)(H,105,139)(H,106,126)(H,107,128)(H,108,136)(H,117,118)(H,119,120)(H,121,122)(H,123,124)/t45-,46+,47+,54-,55-,56-,57-,58-,59-,60-,61?,62-,63-,64+,73+,90?,91?/m0/s1. The van der Waals surface area contributed by atoms with Crippen LogP contribution in [0.5, 0.6) is 5.75 Å². The van der Waals surface area contributed by atoms with Gasteiger partial charge in [0.1, 0.15) is 90.3 Å². The average molecular weight is 2040 g/mol. The molecule has 7 aliphatic heterocycles. The van der Waals surface area contributed by atoms with Gasteiger partial charge >= 0.3 is 23.9 Å². The average Bonchev–Trinajstić information content (AvgIpc) is 1.52. The Hall–Kier alpha value is -14.2. The highest BCUT2D eigenvalue weighted by atomic mass is 32.2. The number of carbonyl (C=O) groups is 23. The van der Waals surface area contributed by atoms with E-state index in [4.69, 9.17) is 17.2 Å². The van der Waals surface area contributed by atoms with E-state index in [1.165, 1.54) is 90.9 Å². The number of hydrogen-bond acceptors (Lipinski definition) is 28. The number of fused-ring (bicyclic) bond motifs is 46. The molecule has 7 aliphatic rings. The van der Waals surface area contributed by atoms with E-state index in [1.54, 1.807) is 48.5 Å². The highest BCUT2D eigenvalue weighted by molar-refractivity contribution is 8.00. The van der Waals surface area contributed by atoms with Gasteiger partial charge in [0.15, 0.2) is 0 Å². The fourth-order valence-electron chi connectivity index (χ4n) is 16.8. The van der Waals surface area contributed by atoms with Gasteiger partial charge in [0.25, 0.3) is 0 Å². The van der Waals surface area contributed by atoms with Crippen molar-refractivity contribution >= 4 is 182 Å². The van der Waals surface area contributed by atoms with Gasteiger partial charge in [0.2, 0.25) is 112 Å². The van der Waals surface area contributed by atoms with E-state index in [-0.39, 0.29) is 56.3 Å². The molecular formula is C91H118N20O28S3. The first kappa shape index (κ1) is 111. The number of benzene rings is 4. The number of carboxylic acids is 4. The minimum atomic E-state index is -2.28. The first-order valence-electron chi connectivity index (χ1n) is 45.2. The van der Waals surface area contributed by atoms with E-state index < -0.39 is 336 Å². The summed E-state index contributed by atoms with van der Waals surface area (Å²) >= 11 is 2.39. The van der Waals surface area contributed by atoms with E-state index >= 15 is 28.8 Å². The number of phenolic OH excluding ortho intramolecular Hbond substituents is 1. The largest absolute Gasteiger partial charge is 0.508 e. The van der Waals surface area contributed by atoms with Crippen molar-refractivity contribution in [1.29, 1.82) is 0 Å². The van der Waals surface area contributed by atoms with E-state index in [2.05, 4.69) is 74.4 Å². The lowest BCUT2D eigenvalue weighted by Crippen LogP contribution is -2.62. The van der Waals surface area contributed by atoms with Gasteiger partial charge in [-0.2, -0.15) is 0 Å². The number of thioether (sulfide) groups is 3. The molecule has 25 N–H and O–H groups in total. The Balaban J connectivity index is 1.14. The van der Waals surface area contributed by atoms with Crippen LogP contribution in [0, 0.1) is 16.2 Å². The van der Waals surface area contributed by atoms with Gasteiger partial charge in [0, 0.05) is 99.5 Å². The minimum absolute atomic E-state index is 0.147. The summed E-state index contributed by atoms with van der Waals surface area (Å²) in [4.78, 5) is 331. The summed E-state index contributed by atoms with van der Waals surface area (Å²) in [6.45, 7) is 7.05. The summed E-state index contributed by atoms with van der Waals surface area (Å²) in [6, 6.07) is -3.23. The molecule has 19 amide bonds. The van der Waals surface area contributed by atoms with Crippen molar-refractivity contribution in [3.8, 4) is 5.75 Å². The molecule has 4 aromatic rings. The van der Waals surface area contributed by atoms with Crippen LogP contribution in [0.3, 0.4) is 0 Å². The van der Waals surface area contributed by atoms with Gasteiger partial charge in [0.05, 0.1) is 42.6 Å². The molecule has 0 radical (unpaired) electrons. The number of primary amides is 2. The van der Waals surface area contributed by atoms with E-state index in [9.17, 15) is 107 Å². The predicted octanol–water partition coefficient (Wildman–Crippen LogP) is -6.44. The van der Waals surface area contributed by atoms with Crippen molar-refractivity contribution in [2.45, 2.75) is 196 Å². The van der Waals surface area contributed by atoms with E-state index in [0.717, 1.165) is 37.4 Å². The number of nitrogens with zero attached hydrogens (tertiary/aromatic N) is 3. The molecule has 17 atom stereocenters. The second-order valence-electron chi connectivity index (χ2n) is 36.6.